The molecule has 9 nitrogen and oxygen atoms in total. The van der Waals surface area contributed by atoms with Crippen LogP contribution >= 0.6 is 0 Å². The molecule has 0 aliphatic carbocycles. The molecule has 0 radical (unpaired) electrons. The van der Waals surface area contributed by atoms with Gasteiger partial charge in [0.1, 0.15) is 0 Å². The molecule has 4 N–H and O–H groups in total. The number of nitrogens with one attached hydrogen (secondary N) is 3. The van der Waals surface area contributed by atoms with Crippen LogP contribution in [0.1, 0.15) is 58.6 Å². The number of aryl methyl sites for hydroxylation is 1. The zero-order valence-corrected chi connectivity index (χ0v) is 19.8. The van der Waals surface area contributed by atoms with Crippen molar-refractivity contribution >= 4 is 23.7 Å². The van der Waals surface area contributed by atoms with Crippen LogP contribution in [0.25, 0.3) is 0 Å². The molecule has 0 atom stereocenters. The number of carbonyl (C=O) groups excluding carboxylic acids is 2. The molecular weight excluding hydrogens is 446 g/mol. The van der Waals surface area contributed by atoms with Gasteiger partial charge in [0.2, 0.25) is 0 Å². The zero-order valence-electron chi connectivity index (χ0n) is 19.8. The molecule has 1 saturated heterocycles. The van der Waals surface area contributed by atoms with Crippen molar-refractivity contribution < 1.29 is 19.5 Å². The first-order valence-electron chi connectivity index (χ1n) is 11.8. The zero-order chi connectivity index (χ0) is 25.2. The van der Waals surface area contributed by atoms with Gasteiger partial charge in [-0.15, -0.1) is 0 Å². The summed E-state index contributed by atoms with van der Waals surface area (Å²) in [4.78, 5) is 37.6. The Hall–Kier alpha value is -4.06. The highest BCUT2D eigenvalue weighted by Crippen LogP contribution is 2.29. The maximum absolute atomic E-state index is 13.1. The van der Waals surface area contributed by atoms with Gasteiger partial charge in [-0.25, -0.2) is 9.59 Å². The van der Waals surface area contributed by atoms with Crippen molar-refractivity contribution in [3.63, 3.8) is 0 Å². The average Bonchev–Trinajstić information content (AvgIpc) is 2.87. The SMILES string of the molecule is Cc1ccc(C(=O)N2CCC(c3ccc(C#N)cc3)CC2)cc1NC(=O)NCCCCNC(=O)O. The van der Waals surface area contributed by atoms with Crippen LogP contribution < -0.4 is 16.0 Å². The quantitative estimate of drug-likeness (QED) is 0.425. The number of nitriles is 1. The monoisotopic (exact) mass is 477 g/mol. The number of benzene rings is 2. The molecule has 1 aliphatic heterocycles. The van der Waals surface area contributed by atoms with Crippen molar-refractivity contribution in [1.29, 1.82) is 5.26 Å². The number of piperidine rings is 1. The molecule has 0 spiro atoms. The summed E-state index contributed by atoms with van der Waals surface area (Å²) in [6.45, 7) is 3.92. The summed E-state index contributed by atoms with van der Waals surface area (Å²) in [6.07, 6.45) is 1.93. The molecule has 1 fully saturated rings. The molecule has 0 bridgehead atoms. The number of hydrogen-bond acceptors (Lipinski definition) is 4. The first kappa shape index (κ1) is 25.6. The number of hydrogen-bond donors (Lipinski definition) is 4. The Balaban J connectivity index is 1.50. The molecular formula is C26H31N5O4. The molecule has 4 amide bonds. The summed E-state index contributed by atoms with van der Waals surface area (Å²) >= 11 is 0. The van der Waals surface area contributed by atoms with Crippen LogP contribution in [-0.2, 0) is 0 Å². The van der Waals surface area contributed by atoms with Crippen molar-refractivity contribution in [3.8, 4) is 6.07 Å². The van der Waals surface area contributed by atoms with Crippen molar-refractivity contribution in [2.45, 2.75) is 38.5 Å². The predicted molar refractivity (Wildman–Crippen MR) is 132 cm³/mol. The minimum atomic E-state index is -1.06. The van der Waals surface area contributed by atoms with Crippen LogP contribution in [0.5, 0.6) is 0 Å². The van der Waals surface area contributed by atoms with Crippen LogP contribution in [0.4, 0.5) is 15.3 Å². The number of carboxylic acid groups (broad SMARTS) is 1. The van der Waals surface area contributed by atoms with E-state index in [9.17, 15) is 14.4 Å². The van der Waals surface area contributed by atoms with E-state index in [1.54, 1.807) is 12.1 Å². The first-order chi connectivity index (χ1) is 16.9. The van der Waals surface area contributed by atoms with Gasteiger partial charge in [0.25, 0.3) is 5.91 Å². The van der Waals surface area contributed by atoms with E-state index in [-0.39, 0.29) is 11.9 Å². The molecule has 1 heterocycles. The van der Waals surface area contributed by atoms with Gasteiger partial charge in [-0.3, -0.25) is 4.79 Å². The lowest BCUT2D eigenvalue weighted by Gasteiger charge is -2.32. The van der Waals surface area contributed by atoms with Crippen molar-refractivity contribution in [3.05, 3.63) is 64.7 Å². The molecule has 3 rings (SSSR count). The van der Waals surface area contributed by atoms with Gasteiger partial charge < -0.3 is 26.0 Å². The fraction of sp³-hybridized carbons (Fsp3) is 0.385. The molecule has 1 aliphatic rings. The smallest absolute Gasteiger partial charge is 0.404 e. The predicted octanol–water partition coefficient (Wildman–Crippen LogP) is 4.06. The normalized spacial score (nSPS) is 13.5. The van der Waals surface area contributed by atoms with E-state index in [2.05, 4.69) is 22.0 Å². The van der Waals surface area contributed by atoms with Gasteiger partial charge >= 0.3 is 12.1 Å². The largest absolute Gasteiger partial charge is 0.465 e. The topological polar surface area (TPSA) is 135 Å². The van der Waals surface area contributed by atoms with E-state index < -0.39 is 6.09 Å². The highest BCUT2D eigenvalue weighted by molar-refractivity contribution is 5.97. The maximum Gasteiger partial charge on any atom is 0.404 e. The second kappa shape index (κ2) is 12.4. The Morgan fingerprint density at radius 3 is 2.31 bits per heavy atom. The third-order valence-corrected chi connectivity index (χ3v) is 6.19. The molecule has 184 valence electrons. The standard InChI is InChI=1S/C26H31N5O4/c1-18-4-7-22(16-23(18)30-25(33)28-12-2-3-13-29-26(34)35)24(32)31-14-10-21(11-15-31)20-8-5-19(17-27)6-9-20/h4-9,16,21,29H,2-3,10-15H2,1H3,(H,34,35)(H2,28,30,33). The van der Waals surface area contributed by atoms with Gasteiger partial charge in [0.15, 0.2) is 0 Å². The third kappa shape index (κ3) is 7.47. The lowest BCUT2D eigenvalue weighted by Crippen LogP contribution is -2.38. The molecule has 2 aromatic carbocycles. The van der Waals surface area contributed by atoms with Crippen molar-refractivity contribution in [2.24, 2.45) is 0 Å². The molecule has 2 aromatic rings. The summed E-state index contributed by atoms with van der Waals surface area (Å²) in [5.74, 6) is 0.309. The van der Waals surface area contributed by atoms with Crippen LogP contribution in [-0.4, -0.2) is 54.2 Å². The van der Waals surface area contributed by atoms with E-state index in [0.29, 0.717) is 61.8 Å². The minimum absolute atomic E-state index is 0.0577. The summed E-state index contributed by atoms with van der Waals surface area (Å²) in [5.41, 5.74) is 3.80. The molecule has 9 heteroatoms. The molecule has 35 heavy (non-hydrogen) atoms. The Kier molecular flexibility index (Phi) is 9.07. The molecule has 0 unspecified atom stereocenters. The van der Waals surface area contributed by atoms with E-state index in [4.69, 9.17) is 10.4 Å². The van der Waals surface area contributed by atoms with Gasteiger partial charge in [0, 0.05) is 37.4 Å². The summed E-state index contributed by atoms with van der Waals surface area (Å²) in [7, 11) is 0. The van der Waals surface area contributed by atoms with E-state index >= 15 is 0 Å². The van der Waals surface area contributed by atoms with Crippen LogP contribution in [0.15, 0.2) is 42.5 Å². The fourth-order valence-electron chi connectivity index (χ4n) is 4.13. The Morgan fingerprint density at radius 1 is 1.03 bits per heavy atom. The van der Waals surface area contributed by atoms with Crippen LogP contribution in [0.3, 0.4) is 0 Å². The van der Waals surface area contributed by atoms with Crippen LogP contribution in [0.2, 0.25) is 0 Å². The second-order valence-corrected chi connectivity index (χ2v) is 8.65. The second-order valence-electron chi connectivity index (χ2n) is 8.65. The number of anilines is 1. The van der Waals surface area contributed by atoms with Gasteiger partial charge in [-0.1, -0.05) is 18.2 Å². The lowest BCUT2D eigenvalue weighted by atomic mass is 9.89. The van der Waals surface area contributed by atoms with Crippen molar-refractivity contribution in [1.82, 2.24) is 15.5 Å². The number of amides is 4. The fourth-order valence-corrected chi connectivity index (χ4v) is 4.13. The number of likely N-dealkylation sites (tertiary alicyclic amines) is 1. The Bertz CT molecular complexity index is 1090. The summed E-state index contributed by atoms with van der Waals surface area (Å²) in [5, 5.41) is 25.3. The van der Waals surface area contributed by atoms with Gasteiger partial charge in [-0.05, 0) is 73.9 Å². The minimum Gasteiger partial charge on any atom is -0.465 e. The Labute approximate surface area is 205 Å². The van der Waals surface area contributed by atoms with Crippen LogP contribution in [0, 0.1) is 18.3 Å². The number of unbranched alkanes of at least 4 members (excludes halogenated alkanes) is 1. The third-order valence-electron chi connectivity index (χ3n) is 6.19. The molecule has 0 aromatic heterocycles. The van der Waals surface area contributed by atoms with E-state index in [0.717, 1.165) is 18.4 Å². The summed E-state index contributed by atoms with van der Waals surface area (Å²) in [6, 6.07) is 14.7. The highest BCUT2D eigenvalue weighted by atomic mass is 16.4. The number of nitrogens with zero attached hydrogens (tertiary/aromatic N) is 2. The highest BCUT2D eigenvalue weighted by Gasteiger charge is 2.25. The lowest BCUT2D eigenvalue weighted by molar-refractivity contribution is 0.0713. The van der Waals surface area contributed by atoms with Gasteiger partial charge in [-0.2, -0.15) is 5.26 Å². The number of urea groups is 1. The van der Waals surface area contributed by atoms with E-state index in [1.807, 2.05) is 42.2 Å². The number of rotatable bonds is 8. The first-order valence-corrected chi connectivity index (χ1v) is 11.8. The summed E-state index contributed by atoms with van der Waals surface area (Å²) < 4.78 is 0. The van der Waals surface area contributed by atoms with Crippen molar-refractivity contribution in [2.75, 3.05) is 31.5 Å². The van der Waals surface area contributed by atoms with Gasteiger partial charge in [0.05, 0.1) is 11.6 Å². The molecule has 0 saturated carbocycles. The average molecular weight is 478 g/mol. The maximum atomic E-state index is 13.1. The Morgan fingerprint density at radius 2 is 1.69 bits per heavy atom. The number of carbonyl (C=O) groups is 3. The van der Waals surface area contributed by atoms with E-state index in [1.165, 1.54) is 5.56 Å².